The highest BCUT2D eigenvalue weighted by atomic mass is 32.2. The number of hydrogen-bond acceptors (Lipinski definition) is 5. The Morgan fingerprint density at radius 1 is 0.879 bits per heavy atom. The fraction of sp³-hybridized carbons (Fsp3) is 0.440. The van der Waals surface area contributed by atoms with Gasteiger partial charge in [0.2, 0.25) is 10.0 Å². The Hall–Kier alpha value is -2.71. The summed E-state index contributed by atoms with van der Waals surface area (Å²) in [6, 6.07) is 13.0. The summed E-state index contributed by atoms with van der Waals surface area (Å²) >= 11 is 0. The number of esters is 1. The lowest BCUT2D eigenvalue weighted by Crippen LogP contribution is -2.37. The van der Waals surface area contributed by atoms with Crippen LogP contribution in [0, 0.1) is 5.92 Å². The first kappa shape index (κ1) is 23.4. The largest absolute Gasteiger partial charge is 0.457 e. The number of rotatable bonds is 6. The van der Waals surface area contributed by atoms with Gasteiger partial charge in [-0.1, -0.05) is 19.1 Å². The first-order chi connectivity index (χ1) is 15.8. The summed E-state index contributed by atoms with van der Waals surface area (Å²) in [6.07, 6.45) is 3.81. The minimum Gasteiger partial charge on any atom is -0.457 e. The monoisotopic (exact) mass is 470 g/mol. The molecular weight excluding hydrogens is 440 g/mol. The molecule has 2 heterocycles. The van der Waals surface area contributed by atoms with Gasteiger partial charge in [-0.2, -0.15) is 4.31 Å². The zero-order valence-corrected chi connectivity index (χ0v) is 19.7. The summed E-state index contributed by atoms with van der Waals surface area (Å²) in [4.78, 5) is 26.9. The van der Waals surface area contributed by atoms with Gasteiger partial charge in [0.25, 0.3) is 5.91 Å². The van der Waals surface area contributed by atoms with E-state index in [4.69, 9.17) is 4.74 Å². The SMILES string of the molecule is CC1CCN(S(=O)(=O)c2ccc(C(=O)OCc3ccc(C(=O)N4CCCC4)cc3)cc2)CC1. The zero-order chi connectivity index (χ0) is 23.4. The Balaban J connectivity index is 1.33. The van der Waals surface area contributed by atoms with Gasteiger partial charge in [-0.05, 0) is 73.6 Å². The van der Waals surface area contributed by atoms with Crippen LogP contribution in [-0.4, -0.2) is 55.7 Å². The topological polar surface area (TPSA) is 84.0 Å². The Morgan fingerprint density at radius 3 is 2.06 bits per heavy atom. The molecule has 33 heavy (non-hydrogen) atoms. The van der Waals surface area contributed by atoms with Crippen LogP contribution in [0.25, 0.3) is 0 Å². The quantitative estimate of drug-likeness (QED) is 0.601. The molecule has 0 atom stereocenters. The zero-order valence-electron chi connectivity index (χ0n) is 18.9. The van der Waals surface area contributed by atoms with E-state index in [-0.39, 0.29) is 17.4 Å². The van der Waals surface area contributed by atoms with Crippen molar-refractivity contribution >= 4 is 21.9 Å². The Kier molecular flexibility index (Phi) is 7.14. The highest BCUT2D eigenvalue weighted by Gasteiger charge is 2.28. The van der Waals surface area contributed by atoms with Crippen LogP contribution >= 0.6 is 0 Å². The van der Waals surface area contributed by atoms with Crippen molar-refractivity contribution in [3.05, 3.63) is 65.2 Å². The van der Waals surface area contributed by atoms with Crippen LogP contribution in [0.4, 0.5) is 0 Å². The van der Waals surface area contributed by atoms with Crippen LogP contribution in [0.1, 0.15) is 58.9 Å². The number of piperidine rings is 1. The van der Waals surface area contributed by atoms with E-state index >= 15 is 0 Å². The van der Waals surface area contributed by atoms with Crippen molar-refractivity contribution in [3.8, 4) is 0 Å². The molecule has 0 radical (unpaired) electrons. The third-order valence-electron chi connectivity index (χ3n) is 6.43. The number of benzene rings is 2. The molecule has 0 aromatic heterocycles. The molecule has 0 unspecified atom stereocenters. The number of ether oxygens (including phenoxy) is 1. The van der Waals surface area contributed by atoms with Crippen molar-refractivity contribution in [2.75, 3.05) is 26.2 Å². The van der Waals surface area contributed by atoms with Crippen LogP contribution in [0.15, 0.2) is 53.4 Å². The van der Waals surface area contributed by atoms with E-state index in [9.17, 15) is 18.0 Å². The highest BCUT2D eigenvalue weighted by Crippen LogP contribution is 2.24. The number of carbonyl (C=O) groups is 2. The van der Waals surface area contributed by atoms with Crippen molar-refractivity contribution < 1.29 is 22.7 Å². The molecule has 1 amide bonds. The standard InChI is InChI=1S/C25H30N2O5S/c1-19-12-16-27(17-13-19)33(30,31)23-10-8-22(9-11-23)25(29)32-18-20-4-6-21(7-5-20)24(28)26-14-2-3-15-26/h4-11,19H,2-3,12-18H2,1H3. The average molecular weight is 471 g/mol. The molecule has 2 aliphatic rings. The van der Waals surface area contributed by atoms with Gasteiger partial charge < -0.3 is 9.64 Å². The normalized spacial score (nSPS) is 17.8. The molecule has 2 aromatic carbocycles. The van der Waals surface area contributed by atoms with Crippen molar-refractivity contribution in [2.24, 2.45) is 5.92 Å². The van der Waals surface area contributed by atoms with E-state index in [0.717, 1.165) is 44.3 Å². The molecule has 0 spiro atoms. The number of amides is 1. The van der Waals surface area contributed by atoms with Crippen LogP contribution in [0.2, 0.25) is 0 Å². The van der Waals surface area contributed by atoms with Crippen LogP contribution in [-0.2, 0) is 21.4 Å². The Labute approximate surface area is 195 Å². The van der Waals surface area contributed by atoms with Gasteiger partial charge in [-0.15, -0.1) is 0 Å². The summed E-state index contributed by atoms with van der Waals surface area (Å²) in [5.41, 5.74) is 1.70. The summed E-state index contributed by atoms with van der Waals surface area (Å²) < 4.78 is 32.5. The minimum atomic E-state index is -3.55. The predicted octanol–water partition coefficient (Wildman–Crippen LogP) is 3.70. The van der Waals surface area contributed by atoms with Gasteiger partial charge in [0, 0.05) is 31.7 Å². The molecule has 0 N–H and O–H groups in total. The van der Waals surface area contributed by atoms with Crippen molar-refractivity contribution in [1.82, 2.24) is 9.21 Å². The molecule has 2 fully saturated rings. The average Bonchev–Trinajstić information content (AvgIpc) is 3.38. The molecule has 0 aliphatic carbocycles. The molecule has 0 bridgehead atoms. The van der Waals surface area contributed by atoms with Crippen LogP contribution < -0.4 is 0 Å². The summed E-state index contributed by atoms with van der Waals surface area (Å²) in [5, 5.41) is 0. The lowest BCUT2D eigenvalue weighted by atomic mass is 10.0. The first-order valence-electron chi connectivity index (χ1n) is 11.5. The predicted molar refractivity (Wildman–Crippen MR) is 124 cm³/mol. The molecule has 2 aliphatic heterocycles. The van der Waals surface area contributed by atoms with E-state index in [1.165, 1.54) is 28.6 Å². The van der Waals surface area contributed by atoms with Gasteiger partial charge in [-0.25, -0.2) is 13.2 Å². The second-order valence-electron chi connectivity index (χ2n) is 8.88. The van der Waals surface area contributed by atoms with Gasteiger partial charge in [0.1, 0.15) is 6.61 Å². The number of nitrogens with zero attached hydrogens (tertiary/aromatic N) is 2. The van der Waals surface area contributed by atoms with E-state index in [2.05, 4.69) is 6.92 Å². The summed E-state index contributed by atoms with van der Waals surface area (Å²) in [5.74, 6) is 0.0449. The number of likely N-dealkylation sites (tertiary alicyclic amines) is 1. The smallest absolute Gasteiger partial charge is 0.338 e. The second-order valence-corrected chi connectivity index (χ2v) is 10.8. The van der Waals surface area contributed by atoms with Crippen molar-refractivity contribution in [2.45, 2.75) is 44.1 Å². The van der Waals surface area contributed by atoms with E-state index in [1.54, 1.807) is 24.3 Å². The van der Waals surface area contributed by atoms with Gasteiger partial charge in [-0.3, -0.25) is 4.79 Å². The molecule has 2 aromatic rings. The van der Waals surface area contributed by atoms with Crippen molar-refractivity contribution in [3.63, 3.8) is 0 Å². The highest BCUT2D eigenvalue weighted by molar-refractivity contribution is 7.89. The van der Waals surface area contributed by atoms with Crippen molar-refractivity contribution in [1.29, 1.82) is 0 Å². The lowest BCUT2D eigenvalue weighted by Gasteiger charge is -2.29. The van der Waals surface area contributed by atoms with Gasteiger partial charge in [0.05, 0.1) is 10.5 Å². The number of hydrogen-bond donors (Lipinski definition) is 0. The Bertz CT molecular complexity index is 1080. The number of carbonyl (C=O) groups excluding carboxylic acids is 2. The maximum Gasteiger partial charge on any atom is 0.338 e. The molecule has 7 nitrogen and oxygen atoms in total. The fourth-order valence-corrected chi connectivity index (χ4v) is 5.69. The lowest BCUT2D eigenvalue weighted by molar-refractivity contribution is 0.0472. The minimum absolute atomic E-state index is 0.0325. The maximum absolute atomic E-state index is 12.8. The second kappa shape index (κ2) is 10.1. The van der Waals surface area contributed by atoms with Gasteiger partial charge >= 0.3 is 5.97 Å². The number of sulfonamides is 1. The molecule has 4 rings (SSSR count). The molecule has 2 saturated heterocycles. The molecule has 0 saturated carbocycles. The summed E-state index contributed by atoms with van der Waals surface area (Å²) in [6.45, 7) is 4.85. The molecule has 8 heteroatoms. The first-order valence-corrected chi connectivity index (χ1v) is 12.9. The van der Waals surface area contributed by atoms with E-state index in [0.29, 0.717) is 30.1 Å². The molecule has 176 valence electrons. The maximum atomic E-state index is 12.8. The van der Waals surface area contributed by atoms with Gasteiger partial charge in [0.15, 0.2) is 0 Å². The van der Waals surface area contributed by atoms with E-state index in [1.807, 2.05) is 4.90 Å². The van der Waals surface area contributed by atoms with E-state index < -0.39 is 16.0 Å². The fourth-order valence-electron chi connectivity index (χ4n) is 4.22. The molecular formula is C25H30N2O5S. The van der Waals surface area contributed by atoms with Crippen LogP contribution in [0.5, 0.6) is 0 Å². The van der Waals surface area contributed by atoms with Crippen LogP contribution in [0.3, 0.4) is 0 Å². The third kappa shape index (κ3) is 5.45. The summed E-state index contributed by atoms with van der Waals surface area (Å²) in [7, 11) is -3.55. The Morgan fingerprint density at radius 2 is 1.45 bits per heavy atom. The third-order valence-corrected chi connectivity index (χ3v) is 8.35.